The van der Waals surface area contributed by atoms with Crippen LogP contribution in [-0.2, 0) is 13.1 Å². The second kappa shape index (κ2) is 6.51. The third-order valence-corrected chi connectivity index (χ3v) is 3.54. The normalized spacial score (nSPS) is 10.9. The summed E-state index contributed by atoms with van der Waals surface area (Å²) >= 11 is 0. The summed E-state index contributed by atoms with van der Waals surface area (Å²) in [6.45, 7) is 9.74. The van der Waals surface area contributed by atoms with Crippen molar-refractivity contribution >= 4 is 0 Å². The molecule has 2 aromatic rings. The zero-order valence-corrected chi connectivity index (χ0v) is 13.0. The highest BCUT2D eigenvalue weighted by atomic mass is 15.3. The Morgan fingerprint density at radius 3 is 2.81 bits per heavy atom. The highest BCUT2D eigenvalue weighted by molar-refractivity contribution is 5.32. The van der Waals surface area contributed by atoms with E-state index in [9.17, 15) is 0 Å². The maximum Gasteiger partial charge on any atom is 0.145 e. The van der Waals surface area contributed by atoms with Gasteiger partial charge in [0, 0.05) is 35.6 Å². The van der Waals surface area contributed by atoms with Crippen LogP contribution in [0.15, 0.2) is 18.3 Å². The van der Waals surface area contributed by atoms with Gasteiger partial charge in [-0.15, -0.1) is 0 Å². The quantitative estimate of drug-likeness (QED) is 0.914. The van der Waals surface area contributed by atoms with Gasteiger partial charge in [0.1, 0.15) is 11.8 Å². The topological polar surface area (TPSA) is 66.5 Å². The predicted molar refractivity (Wildman–Crippen MR) is 81.7 cm³/mol. The van der Waals surface area contributed by atoms with Gasteiger partial charge >= 0.3 is 0 Å². The molecule has 2 aromatic heterocycles. The van der Waals surface area contributed by atoms with Crippen molar-refractivity contribution in [3.63, 3.8) is 0 Å². The van der Waals surface area contributed by atoms with Crippen LogP contribution in [0, 0.1) is 25.2 Å². The Labute approximate surface area is 125 Å². The van der Waals surface area contributed by atoms with Crippen LogP contribution in [0.25, 0.3) is 0 Å². The van der Waals surface area contributed by atoms with Gasteiger partial charge in [-0.1, -0.05) is 19.9 Å². The fourth-order valence-electron chi connectivity index (χ4n) is 2.28. The summed E-state index contributed by atoms with van der Waals surface area (Å²) in [7, 11) is 0. The number of nitriles is 1. The van der Waals surface area contributed by atoms with E-state index in [0.29, 0.717) is 18.3 Å². The van der Waals surface area contributed by atoms with E-state index in [1.54, 1.807) is 6.20 Å². The van der Waals surface area contributed by atoms with Gasteiger partial charge in [-0.05, 0) is 19.9 Å². The summed E-state index contributed by atoms with van der Waals surface area (Å²) in [4.78, 5) is 4.10. The molecule has 0 aliphatic heterocycles. The van der Waals surface area contributed by atoms with Crippen molar-refractivity contribution in [1.29, 1.82) is 5.26 Å². The van der Waals surface area contributed by atoms with E-state index in [1.165, 1.54) is 5.56 Å². The van der Waals surface area contributed by atoms with Crippen molar-refractivity contribution in [3.05, 3.63) is 46.5 Å². The lowest BCUT2D eigenvalue weighted by atomic mass is 10.1. The van der Waals surface area contributed by atoms with E-state index >= 15 is 0 Å². The highest BCUT2D eigenvalue weighted by Crippen LogP contribution is 2.15. The van der Waals surface area contributed by atoms with Gasteiger partial charge in [-0.3, -0.25) is 4.68 Å². The number of hydrogen-bond acceptors (Lipinski definition) is 4. The summed E-state index contributed by atoms with van der Waals surface area (Å²) in [6.07, 6.45) is 1.64. The molecule has 0 aromatic carbocycles. The Morgan fingerprint density at radius 2 is 2.14 bits per heavy atom. The summed E-state index contributed by atoms with van der Waals surface area (Å²) in [6, 6.07) is 6.35. The number of rotatable bonds is 5. The van der Waals surface area contributed by atoms with Crippen molar-refractivity contribution in [2.75, 3.05) is 0 Å². The van der Waals surface area contributed by atoms with E-state index in [4.69, 9.17) is 5.26 Å². The number of aromatic nitrogens is 3. The average Bonchev–Trinajstić information content (AvgIpc) is 2.72. The molecular formula is C16H21N5. The first-order valence-corrected chi connectivity index (χ1v) is 7.13. The molecular weight excluding hydrogens is 262 g/mol. The van der Waals surface area contributed by atoms with E-state index in [0.717, 1.165) is 23.5 Å². The molecule has 0 radical (unpaired) electrons. The van der Waals surface area contributed by atoms with Crippen LogP contribution in [0.4, 0.5) is 0 Å². The lowest BCUT2D eigenvalue weighted by Gasteiger charge is -2.09. The van der Waals surface area contributed by atoms with Gasteiger partial charge in [-0.25, -0.2) is 4.98 Å². The number of pyridine rings is 1. The van der Waals surface area contributed by atoms with Gasteiger partial charge in [0.25, 0.3) is 0 Å². The number of hydrogen-bond donors (Lipinski definition) is 1. The third kappa shape index (κ3) is 3.47. The molecule has 5 heteroatoms. The van der Waals surface area contributed by atoms with Crippen LogP contribution in [0.1, 0.15) is 42.1 Å². The highest BCUT2D eigenvalue weighted by Gasteiger charge is 2.13. The van der Waals surface area contributed by atoms with Crippen molar-refractivity contribution < 1.29 is 0 Å². The standard InChI is InChI=1S/C16H21N5/c1-11(2)19-9-15-12(3)20-21(13(15)4)10-14-6-5-7-18-16(14)8-17/h5-7,11,19H,9-10H2,1-4H3. The van der Waals surface area contributed by atoms with E-state index in [-0.39, 0.29) is 0 Å². The molecule has 0 aliphatic rings. The largest absolute Gasteiger partial charge is 0.310 e. The minimum absolute atomic E-state index is 0.440. The van der Waals surface area contributed by atoms with Crippen molar-refractivity contribution in [1.82, 2.24) is 20.1 Å². The molecule has 110 valence electrons. The van der Waals surface area contributed by atoms with E-state index < -0.39 is 0 Å². The summed E-state index contributed by atoms with van der Waals surface area (Å²) < 4.78 is 1.95. The minimum atomic E-state index is 0.440. The number of nitrogens with one attached hydrogen (secondary N) is 1. The smallest absolute Gasteiger partial charge is 0.145 e. The van der Waals surface area contributed by atoms with Gasteiger partial charge in [0.05, 0.1) is 12.2 Å². The van der Waals surface area contributed by atoms with Crippen molar-refractivity contribution in [2.45, 2.75) is 46.8 Å². The maximum atomic E-state index is 9.12. The predicted octanol–water partition coefficient (Wildman–Crippen LogP) is 2.31. The molecule has 0 saturated heterocycles. The number of nitrogens with zero attached hydrogens (tertiary/aromatic N) is 4. The number of aryl methyl sites for hydroxylation is 1. The van der Waals surface area contributed by atoms with Crippen molar-refractivity contribution in [3.8, 4) is 6.07 Å². The molecule has 2 heterocycles. The molecule has 0 atom stereocenters. The Bertz CT molecular complexity index is 664. The van der Waals surface area contributed by atoms with Crippen LogP contribution in [0.2, 0.25) is 0 Å². The Morgan fingerprint density at radius 1 is 1.38 bits per heavy atom. The fraction of sp³-hybridized carbons (Fsp3) is 0.438. The van der Waals surface area contributed by atoms with Gasteiger partial charge in [0.2, 0.25) is 0 Å². The summed E-state index contributed by atoms with van der Waals surface area (Å²) in [5.41, 5.74) is 4.75. The average molecular weight is 283 g/mol. The molecule has 0 unspecified atom stereocenters. The zero-order valence-electron chi connectivity index (χ0n) is 13.0. The Hall–Kier alpha value is -2.19. The second-order valence-corrected chi connectivity index (χ2v) is 5.47. The van der Waals surface area contributed by atoms with Gasteiger partial charge < -0.3 is 5.32 Å². The molecule has 21 heavy (non-hydrogen) atoms. The molecule has 0 spiro atoms. The SMILES string of the molecule is Cc1nn(Cc2cccnc2C#N)c(C)c1CNC(C)C. The minimum Gasteiger partial charge on any atom is -0.310 e. The Balaban J connectivity index is 2.26. The molecule has 0 saturated carbocycles. The van der Waals surface area contributed by atoms with Crippen LogP contribution >= 0.6 is 0 Å². The van der Waals surface area contributed by atoms with Crippen LogP contribution < -0.4 is 5.32 Å². The first kappa shape index (κ1) is 15.2. The van der Waals surface area contributed by atoms with Gasteiger partial charge in [-0.2, -0.15) is 10.4 Å². The Kier molecular flexibility index (Phi) is 4.71. The van der Waals surface area contributed by atoms with Crippen LogP contribution in [0.5, 0.6) is 0 Å². The summed E-state index contributed by atoms with van der Waals surface area (Å²) in [5.74, 6) is 0. The first-order valence-electron chi connectivity index (χ1n) is 7.13. The molecule has 0 amide bonds. The maximum absolute atomic E-state index is 9.12. The van der Waals surface area contributed by atoms with E-state index in [1.807, 2.05) is 23.7 Å². The lowest BCUT2D eigenvalue weighted by molar-refractivity contribution is 0.584. The van der Waals surface area contributed by atoms with Gasteiger partial charge in [0.15, 0.2) is 0 Å². The molecule has 5 nitrogen and oxygen atoms in total. The second-order valence-electron chi connectivity index (χ2n) is 5.47. The molecule has 1 N–H and O–H groups in total. The summed E-state index contributed by atoms with van der Waals surface area (Å²) in [5, 5.41) is 17.1. The van der Waals surface area contributed by atoms with Crippen LogP contribution in [-0.4, -0.2) is 20.8 Å². The molecule has 0 aliphatic carbocycles. The van der Waals surface area contributed by atoms with E-state index in [2.05, 4.69) is 42.2 Å². The fourth-order valence-corrected chi connectivity index (χ4v) is 2.28. The lowest BCUT2D eigenvalue weighted by Crippen LogP contribution is -2.22. The molecule has 0 fully saturated rings. The molecule has 0 bridgehead atoms. The third-order valence-electron chi connectivity index (χ3n) is 3.54. The monoisotopic (exact) mass is 283 g/mol. The van der Waals surface area contributed by atoms with Crippen LogP contribution in [0.3, 0.4) is 0 Å². The first-order chi connectivity index (χ1) is 10.0. The zero-order chi connectivity index (χ0) is 15.4. The molecule has 2 rings (SSSR count). The van der Waals surface area contributed by atoms with Crippen molar-refractivity contribution in [2.24, 2.45) is 0 Å².